The molecule has 2 saturated heterocycles. The van der Waals surface area contributed by atoms with Gasteiger partial charge in [0.1, 0.15) is 5.75 Å². The van der Waals surface area contributed by atoms with Crippen LogP contribution in [0.25, 0.3) is 5.57 Å². The van der Waals surface area contributed by atoms with E-state index in [1.165, 1.54) is 12.4 Å². The summed E-state index contributed by atoms with van der Waals surface area (Å²) in [4.78, 5) is 33.8. The summed E-state index contributed by atoms with van der Waals surface area (Å²) >= 11 is 0. The number of piperidine rings is 1. The van der Waals surface area contributed by atoms with Gasteiger partial charge in [-0.1, -0.05) is 0 Å². The van der Waals surface area contributed by atoms with E-state index in [2.05, 4.69) is 4.98 Å². The quantitative estimate of drug-likeness (QED) is 0.704. The van der Waals surface area contributed by atoms with Crippen molar-refractivity contribution in [2.24, 2.45) is 11.1 Å². The van der Waals surface area contributed by atoms with Crippen molar-refractivity contribution in [1.29, 1.82) is 5.41 Å². The number of carbonyl (C=O) groups is 2. The van der Waals surface area contributed by atoms with Crippen LogP contribution in [0.4, 0.5) is 5.69 Å². The molecule has 8 nitrogen and oxygen atoms in total. The summed E-state index contributed by atoms with van der Waals surface area (Å²) in [6.45, 7) is 1.74. The summed E-state index contributed by atoms with van der Waals surface area (Å²) < 4.78 is 5.50. The lowest BCUT2D eigenvalue weighted by atomic mass is 9.77. The molecule has 0 atom stereocenters. The standard InChI is InChI=1S/C24H27N5O3/c1-32-21-13-19(4-5-20(21)18(14-25)15-26)29-12-8-24(23(29)31)6-10-28(11-7-24)22(30)17-3-2-9-27-16-17/h2-5,9,13-16,25H,6-8,10-12,26H2,1H3/b18-15+,25-14?. The molecule has 2 aromatic rings. The van der Waals surface area contributed by atoms with Crippen LogP contribution in [0, 0.1) is 10.8 Å². The molecule has 0 aliphatic carbocycles. The van der Waals surface area contributed by atoms with Gasteiger partial charge in [-0.2, -0.15) is 0 Å². The first kappa shape index (κ1) is 21.5. The molecule has 3 N–H and O–H groups in total. The van der Waals surface area contributed by atoms with Crippen LogP contribution in [-0.2, 0) is 4.79 Å². The zero-order valence-electron chi connectivity index (χ0n) is 18.1. The monoisotopic (exact) mass is 433 g/mol. The average Bonchev–Trinajstić information content (AvgIpc) is 3.16. The van der Waals surface area contributed by atoms with E-state index in [1.807, 2.05) is 23.1 Å². The molecule has 0 bridgehead atoms. The van der Waals surface area contributed by atoms with Gasteiger partial charge >= 0.3 is 0 Å². The lowest BCUT2D eigenvalue weighted by molar-refractivity contribution is -0.127. The highest BCUT2D eigenvalue weighted by atomic mass is 16.5. The summed E-state index contributed by atoms with van der Waals surface area (Å²) in [6, 6.07) is 9.03. The number of nitrogens with zero attached hydrogens (tertiary/aromatic N) is 3. The van der Waals surface area contributed by atoms with E-state index in [9.17, 15) is 9.59 Å². The average molecular weight is 434 g/mol. The molecular weight excluding hydrogens is 406 g/mol. The lowest BCUT2D eigenvalue weighted by Crippen LogP contribution is -2.46. The Balaban J connectivity index is 1.49. The summed E-state index contributed by atoms with van der Waals surface area (Å²) in [5, 5.41) is 7.53. The third-order valence-electron chi connectivity index (χ3n) is 6.57. The molecule has 166 valence electrons. The highest BCUT2D eigenvalue weighted by Crippen LogP contribution is 2.44. The van der Waals surface area contributed by atoms with Crippen LogP contribution >= 0.6 is 0 Å². The van der Waals surface area contributed by atoms with Gasteiger partial charge in [-0.3, -0.25) is 14.6 Å². The first-order valence-electron chi connectivity index (χ1n) is 10.6. The third kappa shape index (κ3) is 3.72. The molecule has 3 heterocycles. The fourth-order valence-corrected chi connectivity index (χ4v) is 4.64. The summed E-state index contributed by atoms with van der Waals surface area (Å²) in [5.41, 5.74) is 7.78. The van der Waals surface area contributed by atoms with Crippen LogP contribution in [0.2, 0.25) is 0 Å². The van der Waals surface area contributed by atoms with Gasteiger partial charge in [0.05, 0.1) is 18.1 Å². The number of hydrogen-bond acceptors (Lipinski definition) is 6. The SMILES string of the molecule is COc1cc(N2CCC3(CCN(C(=O)c4cccnc4)CC3)C2=O)ccc1/C(C=N)=C/N. The van der Waals surface area contributed by atoms with E-state index in [1.54, 1.807) is 36.5 Å². The number of anilines is 1. The summed E-state index contributed by atoms with van der Waals surface area (Å²) in [5.74, 6) is 0.626. The Morgan fingerprint density at radius 1 is 1.22 bits per heavy atom. The highest BCUT2D eigenvalue weighted by Gasteiger charge is 2.49. The van der Waals surface area contributed by atoms with Crippen molar-refractivity contribution in [2.45, 2.75) is 19.3 Å². The van der Waals surface area contributed by atoms with E-state index >= 15 is 0 Å². The maximum atomic E-state index is 13.5. The van der Waals surface area contributed by atoms with Gasteiger partial charge in [0.25, 0.3) is 5.91 Å². The molecule has 8 heteroatoms. The van der Waals surface area contributed by atoms with Gasteiger partial charge in [0.2, 0.25) is 5.91 Å². The molecule has 1 aromatic heterocycles. The number of aromatic nitrogens is 1. The summed E-state index contributed by atoms with van der Waals surface area (Å²) in [6.07, 6.45) is 7.83. The van der Waals surface area contributed by atoms with E-state index in [0.29, 0.717) is 54.9 Å². The number of rotatable bonds is 5. The van der Waals surface area contributed by atoms with Gasteiger partial charge in [-0.25, -0.2) is 0 Å². The van der Waals surface area contributed by atoms with Gasteiger partial charge in [-0.15, -0.1) is 0 Å². The Morgan fingerprint density at radius 3 is 2.59 bits per heavy atom. The van der Waals surface area contributed by atoms with E-state index in [-0.39, 0.29) is 11.8 Å². The molecule has 4 rings (SSSR count). The van der Waals surface area contributed by atoms with E-state index < -0.39 is 5.41 Å². The zero-order valence-corrected chi connectivity index (χ0v) is 18.1. The molecule has 0 radical (unpaired) electrons. The maximum absolute atomic E-state index is 13.5. The van der Waals surface area contributed by atoms with Crippen LogP contribution in [0.15, 0.2) is 48.9 Å². The first-order chi connectivity index (χ1) is 15.5. The van der Waals surface area contributed by atoms with Gasteiger partial charge in [-0.05, 0) is 43.5 Å². The number of benzene rings is 1. The molecular formula is C24H27N5O3. The van der Waals surface area contributed by atoms with Gasteiger partial charge in [0, 0.05) is 67.3 Å². The molecule has 2 aliphatic heterocycles. The van der Waals surface area contributed by atoms with Crippen LogP contribution in [0.1, 0.15) is 35.2 Å². The minimum Gasteiger partial charge on any atom is -0.496 e. The molecule has 0 unspecified atom stereocenters. The second kappa shape index (κ2) is 8.82. The fraction of sp³-hybridized carbons (Fsp3) is 0.333. The predicted octanol–water partition coefficient (Wildman–Crippen LogP) is 2.70. The van der Waals surface area contributed by atoms with Crippen LogP contribution in [0.3, 0.4) is 0 Å². The van der Waals surface area contributed by atoms with Crippen LogP contribution in [0.5, 0.6) is 5.75 Å². The maximum Gasteiger partial charge on any atom is 0.255 e. The van der Waals surface area contributed by atoms with E-state index in [0.717, 1.165) is 12.1 Å². The topological polar surface area (TPSA) is 113 Å². The van der Waals surface area contributed by atoms with Crippen molar-refractivity contribution in [1.82, 2.24) is 9.88 Å². The first-order valence-corrected chi connectivity index (χ1v) is 10.6. The number of methoxy groups -OCH3 is 1. The predicted molar refractivity (Wildman–Crippen MR) is 123 cm³/mol. The fourth-order valence-electron chi connectivity index (χ4n) is 4.64. The molecule has 2 aliphatic rings. The number of allylic oxidation sites excluding steroid dienone is 1. The smallest absolute Gasteiger partial charge is 0.255 e. The summed E-state index contributed by atoms with van der Waals surface area (Å²) in [7, 11) is 1.56. The Kier molecular flexibility index (Phi) is 5.94. The minimum atomic E-state index is -0.436. The van der Waals surface area contributed by atoms with Crippen molar-refractivity contribution in [3.8, 4) is 5.75 Å². The molecule has 32 heavy (non-hydrogen) atoms. The number of ether oxygens (including phenoxy) is 1. The van der Waals surface area contributed by atoms with Crippen LogP contribution in [-0.4, -0.2) is 54.7 Å². The van der Waals surface area contributed by atoms with Gasteiger partial charge < -0.3 is 25.7 Å². The van der Waals surface area contributed by atoms with Gasteiger partial charge in [0.15, 0.2) is 0 Å². The molecule has 0 saturated carbocycles. The number of likely N-dealkylation sites (tertiary alicyclic amines) is 1. The van der Waals surface area contributed by atoms with Crippen LogP contribution < -0.4 is 15.4 Å². The normalized spacial score (nSPS) is 18.2. The largest absolute Gasteiger partial charge is 0.496 e. The number of carbonyl (C=O) groups excluding carboxylic acids is 2. The van der Waals surface area contributed by atoms with Crippen molar-refractivity contribution >= 4 is 29.3 Å². The number of amides is 2. The van der Waals surface area contributed by atoms with Crippen molar-refractivity contribution in [3.63, 3.8) is 0 Å². The molecule has 1 aromatic carbocycles. The highest BCUT2D eigenvalue weighted by molar-refractivity contribution is 6.09. The molecule has 2 fully saturated rings. The Morgan fingerprint density at radius 2 is 1.97 bits per heavy atom. The lowest BCUT2D eigenvalue weighted by Gasteiger charge is -2.38. The second-order valence-corrected chi connectivity index (χ2v) is 8.17. The van der Waals surface area contributed by atoms with Crippen molar-refractivity contribution in [2.75, 3.05) is 31.6 Å². The molecule has 2 amide bonds. The van der Waals surface area contributed by atoms with Crippen molar-refractivity contribution < 1.29 is 14.3 Å². The number of hydrogen-bond donors (Lipinski definition) is 2. The zero-order chi connectivity index (χ0) is 22.7. The Hall–Kier alpha value is -3.68. The number of nitrogens with two attached hydrogens (primary N) is 1. The minimum absolute atomic E-state index is 0.0365. The Bertz CT molecular complexity index is 1060. The third-order valence-corrected chi connectivity index (χ3v) is 6.57. The number of nitrogens with one attached hydrogen (secondary N) is 1. The molecule has 1 spiro atoms. The van der Waals surface area contributed by atoms with Crippen molar-refractivity contribution in [3.05, 3.63) is 60.1 Å². The Labute approximate surface area is 187 Å². The number of pyridine rings is 1. The second-order valence-electron chi connectivity index (χ2n) is 8.17. The van der Waals surface area contributed by atoms with E-state index in [4.69, 9.17) is 15.9 Å².